The van der Waals surface area contributed by atoms with E-state index in [9.17, 15) is 0 Å². The molecule has 0 amide bonds. The van der Waals surface area contributed by atoms with Crippen molar-refractivity contribution in [3.05, 3.63) is 23.3 Å². The van der Waals surface area contributed by atoms with Crippen LogP contribution < -0.4 is 0 Å². The zero-order valence-electron chi connectivity index (χ0n) is 8.05. The first kappa shape index (κ1) is 13.1. The smallest absolute Gasteiger partial charge is 0.0911 e. The van der Waals surface area contributed by atoms with Crippen molar-refractivity contribution in [3.8, 4) is 12.1 Å². The Balaban J connectivity index is 0. The molecule has 2 heteroatoms. The lowest BCUT2D eigenvalue weighted by Crippen LogP contribution is -1.55. The molecule has 0 heterocycles. The summed E-state index contributed by atoms with van der Waals surface area (Å²) in [5.41, 5.74) is 2.11. The van der Waals surface area contributed by atoms with Crippen LogP contribution in [0.15, 0.2) is 23.3 Å². The summed E-state index contributed by atoms with van der Waals surface area (Å²) in [5.74, 6) is 0. The molecule has 0 fully saturated rings. The van der Waals surface area contributed by atoms with E-state index in [4.69, 9.17) is 10.5 Å². The molecule has 0 N–H and O–H groups in total. The molecular weight excluding hydrogens is 148 g/mol. The van der Waals surface area contributed by atoms with Crippen molar-refractivity contribution >= 4 is 0 Å². The van der Waals surface area contributed by atoms with Crippen LogP contribution in [-0.2, 0) is 0 Å². The van der Waals surface area contributed by atoms with Crippen molar-refractivity contribution in [3.63, 3.8) is 0 Å². The van der Waals surface area contributed by atoms with Gasteiger partial charge in [0.25, 0.3) is 0 Å². The number of nitrogens with zero attached hydrogens (tertiary/aromatic N) is 2. The average Bonchev–Trinajstić information content (AvgIpc) is 1.87. The SMILES string of the molecule is CC(C)=CC#N.CC(C)=CC#N. The van der Waals surface area contributed by atoms with Crippen LogP contribution in [0.5, 0.6) is 0 Å². The van der Waals surface area contributed by atoms with E-state index in [-0.39, 0.29) is 0 Å². The molecule has 0 aromatic carbocycles. The van der Waals surface area contributed by atoms with Crippen LogP contribution in [0.25, 0.3) is 0 Å². The first-order valence-electron chi connectivity index (χ1n) is 3.60. The molecule has 64 valence electrons. The van der Waals surface area contributed by atoms with Gasteiger partial charge in [0.15, 0.2) is 0 Å². The normalized spacial score (nSPS) is 6.17. The first-order chi connectivity index (χ1) is 5.54. The van der Waals surface area contributed by atoms with Crippen molar-refractivity contribution in [1.82, 2.24) is 0 Å². The highest BCUT2D eigenvalue weighted by atomic mass is 14.2. The predicted octanol–water partition coefficient (Wildman–Crippen LogP) is 2.95. The highest BCUT2D eigenvalue weighted by molar-refractivity contribution is 5.08. The van der Waals surface area contributed by atoms with Crippen molar-refractivity contribution in [1.29, 1.82) is 10.5 Å². The fraction of sp³-hybridized carbons (Fsp3) is 0.400. The summed E-state index contributed by atoms with van der Waals surface area (Å²) in [4.78, 5) is 0. The quantitative estimate of drug-likeness (QED) is 0.514. The van der Waals surface area contributed by atoms with E-state index in [1.165, 1.54) is 12.2 Å². The van der Waals surface area contributed by atoms with Crippen molar-refractivity contribution in [2.45, 2.75) is 27.7 Å². The molecule has 0 saturated carbocycles. The number of hydrogen-bond acceptors (Lipinski definition) is 2. The van der Waals surface area contributed by atoms with Crippen LogP contribution in [0, 0.1) is 22.7 Å². The molecule has 12 heavy (non-hydrogen) atoms. The summed E-state index contributed by atoms with van der Waals surface area (Å²) in [6.45, 7) is 7.57. The second-order valence-electron chi connectivity index (χ2n) is 2.70. The van der Waals surface area contributed by atoms with Crippen LogP contribution in [0.1, 0.15) is 27.7 Å². The standard InChI is InChI=1S/2C5H7N/c2*1-5(2)3-4-6/h2*3H,1-2H3. The van der Waals surface area contributed by atoms with Gasteiger partial charge in [0, 0.05) is 12.2 Å². The number of hydrogen-bond donors (Lipinski definition) is 0. The molecule has 0 aromatic heterocycles. The lowest BCUT2D eigenvalue weighted by atomic mass is 10.3. The van der Waals surface area contributed by atoms with Crippen molar-refractivity contribution < 1.29 is 0 Å². The molecule has 0 aliphatic rings. The second kappa shape index (κ2) is 9.46. The lowest BCUT2D eigenvalue weighted by Gasteiger charge is -1.72. The number of rotatable bonds is 0. The average molecular weight is 162 g/mol. The largest absolute Gasteiger partial charge is 0.193 e. The van der Waals surface area contributed by atoms with Crippen molar-refractivity contribution in [2.75, 3.05) is 0 Å². The summed E-state index contributed by atoms with van der Waals surface area (Å²) in [7, 11) is 0. The first-order valence-corrected chi connectivity index (χ1v) is 3.60. The Labute approximate surface area is 74.4 Å². The van der Waals surface area contributed by atoms with Gasteiger partial charge in [-0.15, -0.1) is 0 Å². The third-order valence-electron chi connectivity index (χ3n) is 0.706. The molecule has 0 radical (unpaired) electrons. The number of allylic oxidation sites excluding steroid dienone is 4. The van der Waals surface area contributed by atoms with Gasteiger partial charge < -0.3 is 0 Å². The van der Waals surface area contributed by atoms with E-state index in [0.29, 0.717) is 0 Å². The van der Waals surface area contributed by atoms with Gasteiger partial charge in [-0.2, -0.15) is 10.5 Å². The van der Waals surface area contributed by atoms with Crippen LogP contribution in [-0.4, -0.2) is 0 Å². The predicted molar refractivity (Wildman–Crippen MR) is 50.1 cm³/mol. The van der Waals surface area contributed by atoms with Crippen LogP contribution in [0.4, 0.5) is 0 Å². The molecule has 0 aliphatic heterocycles. The van der Waals surface area contributed by atoms with E-state index in [1.807, 2.05) is 39.8 Å². The summed E-state index contributed by atoms with van der Waals surface area (Å²) < 4.78 is 0. The van der Waals surface area contributed by atoms with Gasteiger partial charge in [0.2, 0.25) is 0 Å². The summed E-state index contributed by atoms with van der Waals surface area (Å²) >= 11 is 0. The Morgan fingerprint density at radius 2 is 1.08 bits per heavy atom. The minimum Gasteiger partial charge on any atom is -0.193 e. The monoisotopic (exact) mass is 162 g/mol. The molecule has 0 bridgehead atoms. The van der Waals surface area contributed by atoms with Gasteiger partial charge in [-0.1, -0.05) is 11.1 Å². The molecule has 0 saturated heterocycles. The van der Waals surface area contributed by atoms with E-state index < -0.39 is 0 Å². The summed E-state index contributed by atoms with van der Waals surface area (Å²) in [6, 6.07) is 3.81. The Kier molecular flexibility index (Phi) is 10.3. The van der Waals surface area contributed by atoms with Gasteiger partial charge in [0.1, 0.15) is 0 Å². The molecule has 0 spiro atoms. The van der Waals surface area contributed by atoms with E-state index in [0.717, 1.165) is 11.1 Å². The Morgan fingerprint density at radius 1 is 0.833 bits per heavy atom. The third kappa shape index (κ3) is 23.7. The van der Waals surface area contributed by atoms with Crippen LogP contribution >= 0.6 is 0 Å². The molecule has 2 nitrogen and oxygen atoms in total. The minimum absolute atomic E-state index is 1.05. The molecule has 0 aromatic rings. The Bertz CT molecular complexity index is 210. The van der Waals surface area contributed by atoms with Gasteiger partial charge in [0.05, 0.1) is 12.1 Å². The zero-order valence-corrected chi connectivity index (χ0v) is 8.05. The van der Waals surface area contributed by atoms with Crippen LogP contribution in [0.3, 0.4) is 0 Å². The highest BCUT2D eigenvalue weighted by Gasteiger charge is 1.66. The zero-order chi connectivity index (χ0) is 9.98. The fourth-order valence-electron chi connectivity index (χ4n) is 0.258. The maximum Gasteiger partial charge on any atom is 0.0911 e. The lowest BCUT2D eigenvalue weighted by molar-refractivity contribution is 1.39. The second-order valence-corrected chi connectivity index (χ2v) is 2.70. The molecule has 0 atom stereocenters. The topological polar surface area (TPSA) is 47.6 Å². The molecule has 0 unspecified atom stereocenters. The summed E-state index contributed by atoms with van der Waals surface area (Å²) in [5, 5.41) is 15.8. The van der Waals surface area contributed by atoms with E-state index in [2.05, 4.69) is 0 Å². The highest BCUT2D eigenvalue weighted by Crippen LogP contribution is 1.83. The molecular formula is C10H14N2. The van der Waals surface area contributed by atoms with Gasteiger partial charge in [-0.25, -0.2) is 0 Å². The summed E-state index contributed by atoms with van der Waals surface area (Å²) in [6.07, 6.45) is 3.03. The minimum atomic E-state index is 1.05. The van der Waals surface area contributed by atoms with Gasteiger partial charge >= 0.3 is 0 Å². The van der Waals surface area contributed by atoms with Crippen molar-refractivity contribution in [2.24, 2.45) is 0 Å². The van der Waals surface area contributed by atoms with Gasteiger partial charge in [-0.3, -0.25) is 0 Å². The third-order valence-corrected chi connectivity index (χ3v) is 0.706. The Hall–Kier alpha value is -1.54. The molecule has 0 rings (SSSR count). The van der Waals surface area contributed by atoms with E-state index in [1.54, 1.807) is 0 Å². The van der Waals surface area contributed by atoms with Crippen LogP contribution in [0.2, 0.25) is 0 Å². The Morgan fingerprint density at radius 3 is 1.08 bits per heavy atom. The maximum atomic E-state index is 7.91. The van der Waals surface area contributed by atoms with E-state index >= 15 is 0 Å². The number of nitriles is 2. The fourth-order valence-corrected chi connectivity index (χ4v) is 0.258. The van der Waals surface area contributed by atoms with Gasteiger partial charge in [-0.05, 0) is 27.7 Å². The maximum absolute atomic E-state index is 7.91. The molecule has 0 aliphatic carbocycles.